The number of aliphatic carboxylic acids is 1. The molecule has 6 nitrogen and oxygen atoms in total. The van der Waals surface area contributed by atoms with Crippen LogP contribution >= 0.6 is 11.3 Å². The molecule has 0 aliphatic rings. The molecule has 26 heavy (non-hydrogen) atoms. The predicted octanol–water partition coefficient (Wildman–Crippen LogP) is 3.39. The Morgan fingerprint density at radius 3 is 2.62 bits per heavy atom. The number of carbonyl (C=O) groups is 2. The summed E-state index contributed by atoms with van der Waals surface area (Å²) in [4.78, 5) is 24.0. The molecular formula is C19H24N2O4S. The van der Waals surface area contributed by atoms with Crippen LogP contribution in [0.15, 0.2) is 47.8 Å². The van der Waals surface area contributed by atoms with E-state index >= 15 is 0 Å². The molecule has 1 aromatic carbocycles. The fourth-order valence-corrected chi connectivity index (χ4v) is 3.04. The highest BCUT2D eigenvalue weighted by Gasteiger charge is 2.16. The maximum atomic E-state index is 11.6. The number of ether oxygens (including phenoxy) is 1. The fourth-order valence-electron chi connectivity index (χ4n) is 2.39. The van der Waals surface area contributed by atoms with Crippen LogP contribution in [0.4, 0.5) is 4.79 Å². The molecule has 0 fully saturated rings. The van der Waals surface area contributed by atoms with E-state index in [2.05, 4.69) is 10.6 Å². The molecule has 3 N–H and O–H groups in total. The van der Waals surface area contributed by atoms with Gasteiger partial charge in [-0.25, -0.2) is 4.79 Å². The van der Waals surface area contributed by atoms with Crippen molar-refractivity contribution in [3.05, 3.63) is 58.3 Å². The third kappa shape index (κ3) is 7.67. The molecule has 140 valence electrons. The molecule has 0 aliphatic carbocycles. The van der Waals surface area contributed by atoms with E-state index < -0.39 is 18.1 Å². The number of carboxylic acids is 1. The normalized spacial score (nSPS) is 11.7. The Balaban J connectivity index is 1.56. The van der Waals surface area contributed by atoms with E-state index in [1.54, 1.807) is 11.3 Å². The molecule has 0 saturated carbocycles. The Hall–Kier alpha value is -2.38. The van der Waals surface area contributed by atoms with Gasteiger partial charge in [0.25, 0.3) is 0 Å². The lowest BCUT2D eigenvalue weighted by Gasteiger charge is -2.14. The zero-order valence-corrected chi connectivity index (χ0v) is 15.3. The van der Waals surface area contributed by atoms with Crippen molar-refractivity contribution in [2.75, 3.05) is 6.54 Å². The Labute approximate surface area is 157 Å². The van der Waals surface area contributed by atoms with Crippen LogP contribution in [0.3, 0.4) is 0 Å². The fraction of sp³-hybridized carbons (Fsp3) is 0.368. The first-order chi connectivity index (χ1) is 12.6. The van der Waals surface area contributed by atoms with Gasteiger partial charge in [0.1, 0.15) is 12.6 Å². The Morgan fingerprint density at radius 2 is 1.92 bits per heavy atom. The van der Waals surface area contributed by atoms with Gasteiger partial charge >= 0.3 is 12.1 Å². The van der Waals surface area contributed by atoms with Gasteiger partial charge in [0, 0.05) is 18.0 Å². The van der Waals surface area contributed by atoms with Crippen LogP contribution in [0.1, 0.15) is 29.7 Å². The molecule has 1 atom stereocenters. The van der Waals surface area contributed by atoms with Crippen molar-refractivity contribution in [2.45, 2.75) is 38.5 Å². The highest BCUT2D eigenvalue weighted by molar-refractivity contribution is 7.09. The van der Waals surface area contributed by atoms with Gasteiger partial charge in [0.05, 0.1) is 0 Å². The SMILES string of the molecule is O=C(NCCCC[C@H](NCc1cccs1)C(=O)O)OCc1ccccc1. The maximum absolute atomic E-state index is 11.6. The van der Waals surface area contributed by atoms with Crippen molar-refractivity contribution < 1.29 is 19.4 Å². The lowest BCUT2D eigenvalue weighted by Crippen LogP contribution is -2.36. The van der Waals surface area contributed by atoms with Gasteiger partial charge in [0.15, 0.2) is 0 Å². The van der Waals surface area contributed by atoms with E-state index in [-0.39, 0.29) is 6.61 Å². The van der Waals surface area contributed by atoms with E-state index in [0.29, 0.717) is 32.4 Å². The van der Waals surface area contributed by atoms with Gasteiger partial charge in [-0.05, 0) is 36.3 Å². The van der Waals surface area contributed by atoms with E-state index in [9.17, 15) is 14.7 Å². The lowest BCUT2D eigenvalue weighted by atomic mass is 10.1. The maximum Gasteiger partial charge on any atom is 0.407 e. The number of alkyl carbamates (subject to hydrolysis) is 1. The molecule has 0 aliphatic heterocycles. The number of thiophene rings is 1. The molecule has 0 saturated heterocycles. The van der Waals surface area contributed by atoms with Crippen molar-refractivity contribution >= 4 is 23.4 Å². The zero-order valence-electron chi connectivity index (χ0n) is 14.5. The second-order valence-electron chi connectivity index (χ2n) is 5.84. The van der Waals surface area contributed by atoms with Gasteiger partial charge in [-0.15, -0.1) is 11.3 Å². The van der Waals surface area contributed by atoms with Gasteiger partial charge < -0.3 is 15.2 Å². The number of carboxylic acid groups (broad SMARTS) is 1. The average molecular weight is 376 g/mol. The second-order valence-corrected chi connectivity index (χ2v) is 6.87. The third-order valence-corrected chi connectivity index (χ3v) is 4.68. The first kappa shape index (κ1) is 19.9. The van der Waals surface area contributed by atoms with E-state index in [4.69, 9.17) is 4.74 Å². The molecule has 1 amide bonds. The molecule has 2 rings (SSSR count). The minimum absolute atomic E-state index is 0.237. The molecule has 7 heteroatoms. The molecule has 0 unspecified atom stereocenters. The van der Waals surface area contributed by atoms with Crippen molar-refractivity contribution in [1.29, 1.82) is 0 Å². The number of carbonyl (C=O) groups excluding carboxylic acids is 1. The average Bonchev–Trinajstić information content (AvgIpc) is 3.16. The van der Waals surface area contributed by atoms with Gasteiger partial charge in [-0.1, -0.05) is 36.4 Å². The number of amides is 1. The summed E-state index contributed by atoms with van der Waals surface area (Å²) in [6, 6.07) is 12.8. The molecule has 0 bridgehead atoms. The molecule has 0 spiro atoms. The highest BCUT2D eigenvalue weighted by atomic mass is 32.1. The topological polar surface area (TPSA) is 87.7 Å². The third-order valence-electron chi connectivity index (χ3n) is 3.80. The summed E-state index contributed by atoms with van der Waals surface area (Å²) in [5.74, 6) is -0.850. The summed E-state index contributed by atoms with van der Waals surface area (Å²) in [5.41, 5.74) is 0.934. The monoisotopic (exact) mass is 376 g/mol. The van der Waals surface area contributed by atoms with Crippen LogP contribution in [0.5, 0.6) is 0 Å². The zero-order chi connectivity index (χ0) is 18.6. The summed E-state index contributed by atoms with van der Waals surface area (Å²) in [6.07, 6.45) is 1.46. The van der Waals surface area contributed by atoms with Crippen LogP contribution in [-0.2, 0) is 22.7 Å². The Bertz CT molecular complexity index is 661. The minimum atomic E-state index is -0.850. The molecular weight excluding hydrogens is 352 g/mol. The summed E-state index contributed by atoms with van der Waals surface area (Å²) in [5, 5.41) is 17.0. The summed E-state index contributed by atoms with van der Waals surface area (Å²) < 4.78 is 5.12. The smallest absolute Gasteiger partial charge is 0.407 e. The van der Waals surface area contributed by atoms with Crippen molar-refractivity contribution in [2.24, 2.45) is 0 Å². The number of hydrogen-bond acceptors (Lipinski definition) is 5. The molecule has 1 heterocycles. The highest BCUT2D eigenvalue weighted by Crippen LogP contribution is 2.09. The van der Waals surface area contributed by atoms with Gasteiger partial charge in [-0.3, -0.25) is 10.1 Å². The Kier molecular flexibility index (Phi) is 8.65. The van der Waals surface area contributed by atoms with Gasteiger partial charge in [0.2, 0.25) is 0 Å². The molecule has 0 radical (unpaired) electrons. The van der Waals surface area contributed by atoms with Crippen LogP contribution in [0.2, 0.25) is 0 Å². The quantitative estimate of drug-likeness (QED) is 0.523. The van der Waals surface area contributed by atoms with Gasteiger partial charge in [-0.2, -0.15) is 0 Å². The number of nitrogens with one attached hydrogen (secondary N) is 2. The molecule has 1 aromatic heterocycles. The largest absolute Gasteiger partial charge is 0.480 e. The number of rotatable bonds is 11. The van der Waals surface area contributed by atoms with E-state index in [1.165, 1.54) is 0 Å². The van der Waals surface area contributed by atoms with Crippen LogP contribution < -0.4 is 10.6 Å². The van der Waals surface area contributed by atoms with Crippen LogP contribution in [-0.4, -0.2) is 29.8 Å². The minimum Gasteiger partial charge on any atom is -0.480 e. The molecule has 2 aromatic rings. The van der Waals surface area contributed by atoms with E-state index in [0.717, 1.165) is 10.4 Å². The standard InChI is InChI=1S/C19H24N2O4S/c22-18(23)17(21-13-16-9-6-12-26-16)10-4-5-11-20-19(24)25-14-15-7-2-1-3-8-15/h1-3,6-9,12,17,21H,4-5,10-11,13-14H2,(H,20,24)(H,22,23)/t17-/m0/s1. The van der Waals surface area contributed by atoms with Crippen molar-refractivity contribution in [3.63, 3.8) is 0 Å². The first-order valence-corrected chi connectivity index (χ1v) is 9.46. The van der Waals surface area contributed by atoms with Crippen LogP contribution in [0, 0.1) is 0 Å². The number of benzene rings is 1. The summed E-state index contributed by atoms with van der Waals surface area (Å²) in [7, 11) is 0. The lowest BCUT2D eigenvalue weighted by molar-refractivity contribution is -0.139. The second kappa shape index (κ2) is 11.3. The number of unbranched alkanes of at least 4 members (excludes halogenated alkanes) is 1. The van der Waals surface area contributed by atoms with E-state index in [1.807, 2.05) is 47.8 Å². The Morgan fingerprint density at radius 1 is 1.12 bits per heavy atom. The summed E-state index contributed by atoms with van der Waals surface area (Å²) >= 11 is 1.60. The van der Waals surface area contributed by atoms with Crippen LogP contribution in [0.25, 0.3) is 0 Å². The number of hydrogen-bond donors (Lipinski definition) is 3. The van der Waals surface area contributed by atoms with Crippen molar-refractivity contribution in [1.82, 2.24) is 10.6 Å². The summed E-state index contributed by atoms with van der Waals surface area (Å²) in [6.45, 7) is 1.25. The predicted molar refractivity (Wildman–Crippen MR) is 101 cm³/mol. The first-order valence-electron chi connectivity index (χ1n) is 8.58. The van der Waals surface area contributed by atoms with Crippen molar-refractivity contribution in [3.8, 4) is 0 Å².